The molecule has 1 aromatic rings. The van der Waals surface area contributed by atoms with Crippen molar-refractivity contribution in [1.29, 1.82) is 0 Å². The number of carbonyl (C=O) groups is 1. The molecule has 4 nitrogen and oxygen atoms in total. The smallest absolute Gasteiger partial charge is 0.264 e. The number of nitrogens with one attached hydrogen (secondary N) is 2. The van der Waals surface area contributed by atoms with Crippen molar-refractivity contribution in [2.75, 3.05) is 0 Å². The number of amides is 1. The van der Waals surface area contributed by atoms with Gasteiger partial charge in [-0.3, -0.25) is 10.2 Å². The Morgan fingerprint density at radius 1 is 1.25 bits per heavy atom. The molecule has 12 heavy (non-hydrogen) atoms. The van der Waals surface area contributed by atoms with Crippen LogP contribution in [-0.4, -0.2) is 5.91 Å². The molecule has 4 heteroatoms. The topological polar surface area (TPSA) is 53.5 Å². The Balaban J connectivity index is 2.76. The van der Waals surface area contributed by atoms with Crippen molar-refractivity contribution in [2.24, 2.45) is 5.10 Å². The first-order valence-electron chi connectivity index (χ1n) is 3.56. The molecule has 1 aliphatic heterocycles. The van der Waals surface area contributed by atoms with Gasteiger partial charge in [-0.2, -0.15) is 5.10 Å². The van der Waals surface area contributed by atoms with Crippen molar-refractivity contribution >= 4 is 12.0 Å². The van der Waals surface area contributed by atoms with Gasteiger partial charge in [0.15, 0.2) is 0 Å². The minimum atomic E-state index is -0.191. The van der Waals surface area contributed by atoms with E-state index >= 15 is 0 Å². The summed E-state index contributed by atoms with van der Waals surface area (Å²) in [6.45, 7) is 0. The number of hydrazine groups is 1. The van der Waals surface area contributed by atoms with Gasteiger partial charge in [-0.1, -0.05) is 18.2 Å². The zero-order valence-electron chi connectivity index (χ0n) is 6.24. The fourth-order valence-electron chi connectivity index (χ4n) is 1.03. The average Bonchev–Trinajstić information content (AvgIpc) is 2.25. The number of rotatable bonds is 0. The normalized spacial score (nSPS) is 14.2. The number of nitrogens with zero attached hydrogens (tertiary/aromatic N) is 1. The lowest BCUT2D eigenvalue weighted by Gasteiger charge is -1.94. The highest BCUT2D eigenvalue weighted by atomic mass is 16.2. The van der Waals surface area contributed by atoms with Crippen LogP contribution in [0.4, 0.5) is 0 Å². The Labute approximate surface area is 68.6 Å². The summed E-state index contributed by atoms with van der Waals surface area (Å²) in [5.74, 6) is -0.191. The second-order valence-electron chi connectivity index (χ2n) is 2.42. The highest BCUT2D eigenvalue weighted by Crippen LogP contribution is 1.74. The highest BCUT2D eigenvalue weighted by molar-refractivity contribution is 6.03. The zero-order chi connectivity index (χ0) is 8.39. The predicted octanol–water partition coefficient (Wildman–Crippen LogP) is -1.36. The number of fused-ring (bicyclic) bond motifs is 1. The maximum absolute atomic E-state index is 11.0. The molecule has 0 atom stereocenters. The predicted molar refractivity (Wildman–Crippen MR) is 43.0 cm³/mol. The molecule has 0 radical (unpaired) electrons. The number of para-hydroxylation sites is 1. The molecule has 60 valence electrons. The molecule has 1 aliphatic rings. The minimum absolute atomic E-state index is 0.191. The molecule has 2 rings (SSSR count). The van der Waals surface area contributed by atoms with E-state index in [1.54, 1.807) is 0 Å². The molecule has 0 aliphatic carbocycles. The largest absolute Gasteiger partial charge is 0.268 e. The van der Waals surface area contributed by atoms with Crippen LogP contribution in [0.1, 0.15) is 0 Å². The van der Waals surface area contributed by atoms with Crippen LogP contribution >= 0.6 is 0 Å². The second kappa shape index (κ2) is 2.65. The van der Waals surface area contributed by atoms with Gasteiger partial charge in [0.25, 0.3) is 5.91 Å². The van der Waals surface area contributed by atoms with Crippen LogP contribution in [0, 0.1) is 0 Å². The third-order valence-electron chi connectivity index (χ3n) is 1.58. The number of carbonyl (C=O) groups excluding carboxylic acids is 1. The van der Waals surface area contributed by atoms with Gasteiger partial charge < -0.3 is 0 Å². The van der Waals surface area contributed by atoms with Crippen molar-refractivity contribution in [3.63, 3.8) is 0 Å². The molecule has 2 N–H and O–H groups in total. The van der Waals surface area contributed by atoms with Gasteiger partial charge in [0.1, 0.15) is 0 Å². The number of hydrogen-bond acceptors (Lipinski definition) is 3. The fraction of sp³-hybridized carbons (Fsp3) is 0. The lowest BCUT2D eigenvalue weighted by Crippen LogP contribution is -2.31. The van der Waals surface area contributed by atoms with Crippen LogP contribution in [0.15, 0.2) is 29.4 Å². The quantitative estimate of drug-likeness (QED) is 0.493. The standard InChI is InChI=1S/C8H7N3O/c12-8-5-6-3-1-2-4-7(6)9-11-10-8/h1-5,11H,(H,10,12). The third kappa shape index (κ3) is 1.14. The van der Waals surface area contributed by atoms with Gasteiger partial charge in [-0.15, -0.1) is 0 Å². The summed E-state index contributed by atoms with van der Waals surface area (Å²) in [4.78, 5) is 11.0. The minimum Gasteiger partial charge on any atom is -0.268 e. The molecule has 1 heterocycles. The lowest BCUT2D eigenvalue weighted by molar-refractivity contribution is -0.116. The fourth-order valence-corrected chi connectivity index (χ4v) is 1.03. The van der Waals surface area contributed by atoms with Gasteiger partial charge >= 0.3 is 0 Å². The van der Waals surface area contributed by atoms with Crippen LogP contribution in [0.25, 0.3) is 6.08 Å². The molecule has 1 amide bonds. The average molecular weight is 161 g/mol. The summed E-state index contributed by atoms with van der Waals surface area (Å²) in [6.07, 6.45) is 1.50. The SMILES string of the molecule is O=C1C=c2ccccc2=NNN1. The van der Waals surface area contributed by atoms with Crippen LogP contribution in [0.5, 0.6) is 0 Å². The first kappa shape index (κ1) is 6.84. The van der Waals surface area contributed by atoms with E-state index in [1.165, 1.54) is 6.08 Å². The van der Waals surface area contributed by atoms with E-state index in [4.69, 9.17) is 0 Å². The van der Waals surface area contributed by atoms with Gasteiger partial charge in [0, 0.05) is 11.3 Å². The molecule has 0 spiro atoms. The Hall–Kier alpha value is -1.84. The monoisotopic (exact) mass is 161 g/mol. The summed E-state index contributed by atoms with van der Waals surface area (Å²) in [7, 11) is 0. The summed E-state index contributed by atoms with van der Waals surface area (Å²) in [5, 5.41) is 5.50. The van der Waals surface area contributed by atoms with E-state index < -0.39 is 0 Å². The van der Waals surface area contributed by atoms with Crippen LogP contribution in [0.3, 0.4) is 0 Å². The molecular weight excluding hydrogens is 154 g/mol. The summed E-state index contributed by atoms with van der Waals surface area (Å²) in [6, 6.07) is 7.40. The van der Waals surface area contributed by atoms with E-state index in [0.29, 0.717) is 0 Å². The molecule has 0 unspecified atom stereocenters. The van der Waals surface area contributed by atoms with E-state index in [-0.39, 0.29) is 5.91 Å². The maximum Gasteiger partial charge on any atom is 0.264 e. The van der Waals surface area contributed by atoms with E-state index in [2.05, 4.69) is 16.1 Å². The first-order valence-corrected chi connectivity index (χ1v) is 3.56. The number of hydrogen-bond donors (Lipinski definition) is 2. The van der Waals surface area contributed by atoms with Gasteiger partial charge in [0.05, 0.1) is 5.36 Å². The van der Waals surface area contributed by atoms with Crippen molar-refractivity contribution in [3.8, 4) is 0 Å². The molecule has 0 fully saturated rings. The molecule has 0 saturated heterocycles. The molecule has 0 saturated carbocycles. The third-order valence-corrected chi connectivity index (χ3v) is 1.58. The highest BCUT2D eigenvalue weighted by Gasteiger charge is 1.97. The van der Waals surface area contributed by atoms with Gasteiger partial charge in [0.2, 0.25) is 0 Å². The van der Waals surface area contributed by atoms with Crippen LogP contribution < -0.4 is 21.5 Å². The van der Waals surface area contributed by atoms with Crippen molar-refractivity contribution in [3.05, 3.63) is 34.8 Å². The summed E-state index contributed by atoms with van der Waals surface area (Å²) in [5.41, 5.74) is 4.83. The molecular formula is C8H7N3O. The molecule has 0 aromatic heterocycles. The number of benzene rings is 1. The summed E-state index contributed by atoms with van der Waals surface area (Å²) >= 11 is 0. The van der Waals surface area contributed by atoms with Gasteiger partial charge in [-0.05, 0) is 6.07 Å². The van der Waals surface area contributed by atoms with Crippen molar-refractivity contribution in [2.45, 2.75) is 0 Å². The Kier molecular flexibility index (Phi) is 1.51. The van der Waals surface area contributed by atoms with Crippen molar-refractivity contribution in [1.82, 2.24) is 11.0 Å². The Morgan fingerprint density at radius 2 is 2.08 bits per heavy atom. The Morgan fingerprint density at radius 3 is 3.00 bits per heavy atom. The lowest BCUT2D eigenvalue weighted by atomic mass is 10.2. The van der Waals surface area contributed by atoms with Crippen LogP contribution in [-0.2, 0) is 4.79 Å². The van der Waals surface area contributed by atoms with E-state index in [9.17, 15) is 4.79 Å². The van der Waals surface area contributed by atoms with Gasteiger partial charge in [-0.25, -0.2) is 5.53 Å². The van der Waals surface area contributed by atoms with E-state index in [1.807, 2.05) is 24.3 Å². The van der Waals surface area contributed by atoms with E-state index in [0.717, 1.165) is 10.6 Å². The Bertz CT molecular complexity index is 424. The summed E-state index contributed by atoms with van der Waals surface area (Å²) < 4.78 is 0. The second-order valence-corrected chi connectivity index (χ2v) is 2.42. The maximum atomic E-state index is 11.0. The van der Waals surface area contributed by atoms with Crippen LogP contribution in [0.2, 0.25) is 0 Å². The molecule has 1 aromatic carbocycles. The van der Waals surface area contributed by atoms with Crippen molar-refractivity contribution < 1.29 is 4.79 Å². The molecule has 0 bridgehead atoms. The first-order chi connectivity index (χ1) is 5.86. The zero-order valence-corrected chi connectivity index (χ0v) is 6.24.